The van der Waals surface area contributed by atoms with Crippen molar-refractivity contribution in [1.82, 2.24) is 30.6 Å². The lowest BCUT2D eigenvalue weighted by Gasteiger charge is -2.19. The first-order chi connectivity index (χ1) is 25.3. The summed E-state index contributed by atoms with van der Waals surface area (Å²) in [6, 6.07) is 13.8. The van der Waals surface area contributed by atoms with E-state index < -0.39 is 60.6 Å². The SMILES string of the molecule is COC(=O)[C@H](CNC(=O)C(=O)Nc1cccnc1OC)NC(=O)c1ccc(Nc2nc(NC3(c4ccc(Cl)cc4)CC3)nc(OCC(F)(F)F)n2)cc1. The molecule has 1 atom stereocenters. The van der Waals surface area contributed by atoms with E-state index in [1.807, 2.05) is 12.1 Å². The molecular weight excluding hydrogens is 727 g/mol. The first-order valence-corrected chi connectivity index (χ1v) is 16.0. The second-order valence-electron chi connectivity index (χ2n) is 11.4. The van der Waals surface area contributed by atoms with Crippen LogP contribution in [0.3, 0.4) is 0 Å². The van der Waals surface area contributed by atoms with Gasteiger partial charge in [-0.2, -0.15) is 28.1 Å². The second kappa shape index (κ2) is 16.4. The number of amides is 3. The van der Waals surface area contributed by atoms with Crippen LogP contribution >= 0.6 is 11.6 Å². The number of hydrogen-bond donors (Lipinski definition) is 5. The molecule has 1 saturated carbocycles. The number of hydrogen-bond acceptors (Lipinski definition) is 13. The molecule has 1 aliphatic carbocycles. The van der Waals surface area contributed by atoms with Crippen molar-refractivity contribution in [1.29, 1.82) is 0 Å². The van der Waals surface area contributed by atoms with Crippen LogP contribution in [0, 0.1) is 0 Å². The van der Waals surface area contributed by atoms with Gasteiger partial charge >= 0.3 is 30.0 Å². The van der Waals surface area contributed by atoms with Crippen LogP contribution in [0.25, 0.3) is 0 Å². The molecule has 3 amide bonds. The standard InChI is InChI=1S/C33H31ClF3N9O7/c1-51-27-22(4-3-15-38-27)41-26(49)25(48)39-16-23(28(50)52-2)42-24(47)18-5-11-21(12-6-18)40-29-43-30(45-31(44-29)53-17-33(35,36)37)46-32(13-14-32)19-7-9-20(34)10-8-19/h3-12,15,23H,13-14,16-17H2,1-2H3,(H,39,48)(H,41,49)(H,42,47)(H2,40,43,44,45,46)/t23-/m0/s1. The number of carbonyl (C=O) groups is 4. The van der Waals surface area contributed by atoms with E-state index >= 15 is 0 Å². The van der Waals surface area contributed by atoms with E-state index in [9.17, 15) is 32.3 Å². The van der Waals surface area contributed by atoms with Crippen molar-refractivity contribution in [3.8, 4) is 11.9 Å². The fourth-order valence-electron chi connectivity index (χ4n) is 4.79. The van der Waals surface area contributed by atoms with E-state index in [0.717, 1.165) is 12.7 Å². The summed E-state index contributed by atoms with van der Waals surface area (Å²) in [4.78, 5) is 66.5. The summed E-state index contributed by atoms with van der Waals surface area (Å²) in [6.07, 6.45) is -1.82. The highest BCUT2D eigenvalue weighted by molar-refractivity contribution is 6.39. The fourth-order valence-corrected chi connectivity index (χ4v) is 4.91. The van der Waals surface area contributed by atoms with Crippen LogP contribution in [0.4, 0.5) is 36.4 Å². The van der Waals surface area contributed by atoms with Gasteiger partial charge in [0, 0.05) is 29.0 Å². The lowest BCUT2D eigenvalue weighted by molar-refractivity contribution is -0.154. The number of nitrogens with zero attached hydrogens (tertiary/aromatic N) is 4. The molecule has 0 saturated heterocycles. The van der Waals surface area contributed by atoms with Crippen LogP contribution in [0.15, 0.2) is 66.9 Å². The number of nitrogens with one attached hydrogen (secondary N) is 5. The Labute approximate surface area is 304 Å². The van der Waals surface area contributed by atoms with Gasteiger partial charge in [-0.05, 0) is 66.9 Å². The van der Waals surface area contributed by atoms with Gasteiger partial charge in [0.05, 0.1) is 19.8 Å². The van der Waals surface area contributed by atoms with Crippen molar-refractivity contribution >= 4 is 58.6 Å². The first kappa shape index (κ1) is 38.0. The molecule has 53 heavy (non-hydrogen) atoms. The molecule has 2 aromatic carbocycles. The maximum Gasteiger partial charge on any atom is 0.422 e. The smallest absolute Gasteiger partial charge is 0.422 e. The summed E-state index contributed by atoms with van der Waals surface area (Å²) in [5.41, 5.74) is 0.850. The van der Waals surface area contributed by atoms with Crippen LogP contribution < -0.4 is 36.1 Å². The molecule has 5 rings (SSSR count). The normalized spacial score (nSPS) is 13.5. The molecule has 1 fully saturated rings. The minimum atomic E-state index is -4.65. The van der Waals surface area contributed by atoms with Crippen molar-refractivity contribution in [3.05, 3.63) is 83.0 Å². The van der Waals surface area contributed by atoms with E-state index in [1.54, 1.807) is 12.1 Å². The average molecular weight is 758 g/mol. The van der Waals surface area contributed by atoms with Gasteiger partial charge in [-0.15, -0.1) is 0 Å². The van der Waals surface area contributed by atoms with E-state index in [-0.39, 0.29) is 29.0 Å². The van der Waals surface area contributed by atoms with Crippen LogP contribution in [-0.4, -0.2) is 83.2 Å². The third-order valence-electron chi connectivity index (χ3n) is 7.56. The summed E-state index contributed by atoms with van der Waals surface area (Å²) in [7, 11) is 2.41. The summed E-state index contributed by atoms with van der Waals surface area (Å²) >= 11 is 6.02. The molecule has 5 N–H and O–H groups in total. The van der Waals surface area contributed by atoms with E-state index in [4.69, 9.17) is 25.8 Å². The number of alkyl halides is 3. The highest BCUT2D eigenvalue weighted by Gasteiger charge is 2.45. The first-order valence-electron chi connectivity index (χ1n) is 15.6. The van der Waals surface area contributed by atoms with E-state index in [0.29, 0.717) is 23.6 Å². The molecule has 2 heterocycles. The molecule has 278 valence electrons. The molecule has 1 aliphatic rings. The highest BCUT2D eigenvalue weighted by Crippen LogP contribution is 2.48. The van der Waals surface area contributed by atoms with E-state index in [2.05, 4.69) is 46.5 Å². The largest absolute Gasteiger partial charge is 0.480 e. The number of pyridine rings is 1. The Hall–Kier alpha value is -6.24. The summed E-state index contributed by atoms with van der Waals surface area (Å²) < 4.78 is 53.4. The number of rotatable bonds is 14. The predicted molar refractivity (Wildman–Crippen MR) is 183 cm³/mol. The second-order valence-corrected chi connectivity index (χ2v) is 11.8. The number of carbonyl (C=O) groups excluding carboxylic acids is 4. The summed E-state index contributed by atoms with van der Waals surface area (Å²) in [5.74, 6) is -3.97. The van der Waals surface area contributed by atoms with Crippen LogP contribution in [-0.2, 0) is 24.7 Å². The lowest BCUT2D eigenvalue weighted by atomic mass is 10.1. The highest BCUT2D eigenvalue weighted by atomic mass is 35.5. The van der Waals surface area contributed by atoms with Gasteiger partial charge in [0.25, 0.3) is 5.91 Å². The van der Waals surface area contributed by atoms with Crippen LogP contribution in [0.1, 0.15) is 28.8 Å². The zero-order chi connectivity index (χ0) is 38.2. The monoisotopic (exact) mass is 757 g/mol. The van der Waals surface area contributed by atoms with Gasteiger partial charge in [-0.1, -0.05) is 23.7 Å². The molecule has 2 aromatic heterocycles. The third-order valence-corrected chi connectivity index (χ3v) is 7.81. The van der Waals surface area contributed by atoms with Gasteiger partial charge in [-0.25, -0.2) is 9.78 Å². The van der Waals surface area contributed by atoms with Crippen LogP contribution in [0.2, 0.25) is 5.02 Å². The molecule has 20 heteroatoms. The Morgan fingerprint density at radius 1 is 0.925 bits per heavy atom. The maximum atomic E-state index is 13.0. The Kier molecular flexibility index (Phi) is 11.8. The van der Waals surface area contributed by atoms with Gasteiger partial charge in [0.15, 0.2) is 6.61 Å². The van der Waals surface area contributed by atoms with Crippen molar-refractivity contribution in [3.63, 3.8) is 0 Å². The number of methoxy groups -OCH3 is 2. The third kappa shape index (κ3) is 10.4. The summed E-state index contributed by atoms with van der Waals surface area (Å²) in [6.45, 7) is -2.13. The molecule has 0 unspecified atom stereocenters. The van der Waals surface area contributed by atoms with Crippen molar-refractivity contribution in [2.24, 2.45) is 0 Å². The minimum Gasteiger partial charge on any atom is -0.480 e. The Bertz CT molecular complexity index is 1970. The van der Waals surface area contributed by atoms with Gasteiger partial charge < -0.3 is 40.8 Å². The van der Waals surface area contributed by atoms with Gasteiger partial charge in [0.2, 0.25) is 17.8 Å². The van der Waals surface area contributed by atoms with Crippen molar-refractivity contribution < 1.29 is 46.6 Å². The number of benzene rings is 2. The lowest BCUT2D eigenvalue weighted by Crippen LogP contribution is -2.50. The average Bonchev–Trinajstić information content (AvgIpc) is 3.92. The molecular formula is C33H31ClF3N9O7. The molecule has 0 aliphatic heterocycles. The zero-order valence-corrected chi connectivity index (χ0v) is 28.7. The molecule has 0 bridgehead atoms. The van der Waals surface area contributed by atoms with Gasteiger partial charge in [0.1, 0.15) is 11.7 Å². The molecule has 0 radical (unpaired) electrons. The maximum absolute atomic E-state index is 13.0. The molecule has 0 spiro atoms. The summed E-state index contributed by atoms with van der Waals surface area (Å²) in [5, 5.41) is 13.6. The Morgan fingerprint density at radius 3 is 2.26 bits per heavy atom. The number of halogens is 4. The number of anilines is 4. The van der Waals surface area contributed by atoms with Crippen molar-refractivity contribution in [2.45, 2.75) is 30.6 Å². The van der Waals surface area contributed by atoms with Crippen LogP contribution in [0.5, 0.6) is 11.9 Å². The minimum absolute atomic E-state index is 0.0432. The Balaban J connectivity index is 1.24. The topological polar surface area (TPSA) is 208 Å². The number of esters is 1. The van der Waals surface area contributed by atoms with E-state index in [1.165, 1.54) is 49.7 Å². The molecule has 16 nitrogen and oxygen atoms in total. The fraction of sp³-hybridized carbons (Fsp3) is 0.273. The Morgan fingerprint density at radius 2 is 1.62 bits per heavy atom. The quantitative estimate of drug-likeness (QED) is 0.0919. The van der Waals surface area contributed by atoms with Crippen molar-refractivity contribution in [2.75, 3.05) is 43.3 Å². The number of aromatic nitrogens is 4. The zero-order valence-electron chi connectivity index (χ0n) is 27.9. The van der Waals surface area contributed by atoms with Gasteiger partial charge in [-0.3, -0.25) is 14.4 Å². The number of ether oxygens (including phenoxy) is 3. The predicted octanol–water partition coefficient (Wildman–Crippen LogP) is 3.74. The molecule has 4 aromatic rings.